The zero-order valence-electron chi connectivity index (χ0n) is 16.6. The Hall–Kier alpha value is -1.88. The average Bonchev–Trinajstić information content (AvgIpc) is 3.28. The summed E-state index contributed by atoms with van der Waals surface area (Å²) in [6.07, 6.45) is 4.91. The lowest BCUT2D eigenvalue weighted by Crippen LogP contribution is -2.41. The van der Waals surface area contributed by atoms with E-state index >= 15 is 0 Å². The van der Waals surface area contributed by atoms with Gasteiger partial charge in [-0.15, -0.1) is 11.3 Å². The number of halogens is 3. The zero-order chi connectivity index (χ0) is 21.7. The van der Waals surface area contributed by atoms with Crippen LogP contribution in [-0.2, 0) is 4.79 Å². The third-order valence-electron chi connectivity index (χ3n) is 5.81. The molecule has 3 heterocycles. The van der Waals surface area contributed by atoms with Gasteiger partial charge in [-0.05, 0) is 32.1 Å². The Bertz CT molecular complexity index is 737. The number of aliphatic carboxylic acids is 1. The van der Waals surface area contributed by atoms with Crippen molar-refractivity contribution in [2.45, 2.75) is 75.5 Å². The molecule has 1 saturated carbocycles. The number of fused-ring (bicyclic) bond motifs is 2. The molecule has 2 atom stereocenters. The molecule has 11 heteroatoms. The summed E-state index contributed by atoms with van der Waals surface area (Å²) in [5.41, 5.74) is 1.18. The number of carboxylic acid groups (broad SMARTS) is 1. The number of carboxylic acids is 1. The number of carbonyl (C=O) groups is 2. The molecule has 0 spiro atoms. The molecule has 1 aliphatic carbocycles. The van der Waals surface area contributed by atoms with Crippen LogP contribution in [0.3, 0.4) is 0 Å². The summed E-state index contributed by atoms with van der Waals surface area (Å²) in [7, 11) is 0. The number of carbonyl (C=O) groups excluding carboxylic acids is 1. The molecule has 0 aromatic carbocycles. The van der Waals surface area contributed by atoms with E-state index in [1.807, 2.05) is 4.90 Å². The van der Waals surface area contributed by atoms with Crippen LogP contribution in [0.2, 0.25) is 0 Å². The predicted octanol–water partition coefficient (Wildman–Crippen LogP) is 4.18. The number of hydrogen-bond acceptors (Lipinski definition) is 5. The lowest BCUT2D eigenvalue weighted by atomic mass is 9.87. The molecule has 2 saturated heterocycles. The van der Waals surface area contributed by atoms with Crippen molar-refractivity contribution in [1.29, 1.82) is 0 Å². The normalized spacial score (nSPS) is 24.6. The number of hydrogen-bond donors (Lipinski definition) is 3. The first-order valence-electron chi connectivity index (χ1n) is 10.3. The molecule has 30 heavy (non-hydrogen) atoms. The van der Waals surface area contributed by atoms with Crippen LogP contribution in [0, 0.1) is 0 Å². The standard InChI is InChI=1S/C17H26N4OS.C2HF3O2/c22-17(21-9-8-13-6-7-14(10-21)18-13)20-16-19-15(11-23-16)12-4-2-1-3-5-12;3-2(4,5)1(6)7/h11-14,18H,1-10H2,(H,19,20,22);(H,6,7). The number of likely N-dealkylation sites (tertiary alicyclic amines) is 1. The summed E-state index contributed by atoms with van der Waals surface area (Å²) in [5.74, 6) is -2.16. The number of urea groups is 1. The summed E-state index contributed by atoms with van der Waals surface area (Å²) in [4.78, 5) is 28.1. The molecule has 0 radical (unpaired) electrons. The summed E-state index contributed by atoms with van der Waals surface area (Å²) in [6, 6.07) is 1.10. The summed E-state index contributed by atoms with van der Waals surface area (Å²) in [5, 5.41) is 16.7. The molecule has 1 aromatic heterocycles. The first-order chi connectivity index (χ1) is 14.2. The van der Waals surface area contributed by atoms with Crippen molar-refractivity contribution < 1.29 is 27.9 Å². The van der Waals surface area contributed by atoms with Gasteiger partial charge in [0, 0.05) is 36.5 Å². The van der Waals surface area contributed by atoms with E-state index in [4.69, 9.17) is 9.90 Å². The predicted molar refractivity (Wildman–Crippen MR) is 107 cm³/mol. The fourth-order valence-corrected chi connectivity index (χ4v) is 5.01. The van der Waals surface area contributed by atoms with Crippen LogP contribution in [0.25, 0.3) is 0 Å². The van der Waals surface area contributed by atoms with Crippen molar-refractivity contribution in [2.24, 2.45) is 0 Å². The fourth-order valence-electron chi connectivity index (χ4n) is 4.23. The highest BCUT2D eigenvalue weighted by atomic mass is 32.1. The minimum atomic E-state index is -5.08. The molecule has 1 aromatic rings. The van der Waals surface area contributed by atoms with E-state index in [9.17, 15) is 18.0 Å². The van der Waals surface area contributed by atoms with Crippen LogP contribution in [0.4, 0.5) is 23.1 Å². The van der Waals surface area contributed by atoms with Gasteiger partial charge < -0.3 is 15.3 Å². The van der Waals surface area contributed by atoms with Gasteiger partial charge in [-0.2, -0.15) is 13.2 Å². The van der Waals surface area contributed by atoms with Crippen molar-refractivity contribution in [3.63, 3.8) is 0 Å². The van der Waals surface area contributed by atoms with Gasteiger partial charge in [0.15, 0.2) is 5.13 Å². The number of nitrogens with one attached hydrogen (secondary N) is 2. The first kappa shape index (κ1) is 22.8. The van der Waals surface area contributed by atoms with E-state index in [0.29, 0.717) is 18.0 Å². The Morgan fingerprint density at radius 2 is 1.80 bits per heavy atom. The van der Waals surface area contributed by atoms with Crippen LogP contribution in [0.1, 0.15) is 63.0 Å². The monoisotopic (exact) mass is 448 g/mol. The quantitative estimate of drug-likeness (QED) is 0.631. The van der Waals surface area contributed by atoms with Gasteiger partial charge in [0.25, 0.3) is 0 Å². The molecule has 168 valence electrons. The minimum absolute atomic E-state index is 0.0175. The van der Waals surface area contributed by atoms with Crippen molar-refractivity contribution in [2.75, 3.05) is 18.4 Å². The molecule has 7 nitrogen and oxygen atoms in total. The van der Waals surface area contributed by atoms with Crippen LogP contribution >= 0.6 is 11.3 Å². The maximum atomic E-state index is 12.5. The Labute approximate surface area is 177 Å². The molecular weight excluding hydrogens is 421 g/mol. The van der Waals surface area contributed by atoms with E-state index in [1.165, 1.54) is 50.6 Å². The molecule has 2 unspecified atom stereocenters. The van der Waals surface area contributed by atoms with Gasteiger partial charge >= 0.3 is 18.2 Å². The van der Waals surface area contributed by atoms with Crippen LogP contribution in [-0.4, -0.2) is 58.3 Å². The van der Waals surface area contributed by atoms with Gasteiger partial charge in [0.05, 0.1) is 5.69 Å². The maximum absolute atomic E-state index is 12.5. The number of thiazole rings is 1. The highest BCUT2D eigenvalue weighted by molar-refractivity contribution is 7.13. The van der Waals surface area contributed by atoms with Gasteiger partial charge in [-0.3, -0.25) is 5.32 Å². The Morgan fingerprint density at radius 3 is 2.47 bits per heavy atom. The summed E-state index contributed by atoms with van der Waals surface area (Å²) in [6.45, 7) is 1.67. The van der Waals surface area contributed by atoms with Crippen molar-refractivity contribution in [3.05, 3.63) is 11.1 Å². The molecule has 3 N–H and O–H groups in total. The smallest absolute Gasteiger partial charge is 0.475 e. The number of anilines is 1. The van der Waals surface area contributed by atoms with E-state index in [0.717, 1.165) is 24.6 Å². The number of aromatic nitrogens is 1. The topological polar surface area (TPSA) is 94.6 Å². The van der Waals surface area contributed by atoms with E-state index in [2.05, 4.69) is 21.0 Å². The average molecular weight is 449 g/mol. The Kier molecular flexibility index (Phi) is 7.56. The zero-order valence-corrected chi connectivity index (χ0v) is 17.4. The first-order valence-corrected chi connectivity index (χ1v) is 11.2. The third-order valence-corrected chi connectivity index (χ3v) is 6.59. The maximum Gasteiger partial charge on any atom is 0.490 e. The van der Waals surface area contributed by atoms with E-state index in [1.54, 1.807) is 11.3 Å². The highest BCUT2D eigenvalue weighted by Gasteiger charge is 2.38. The molecule has 2 amide bonds. The fraction of sp³-hybridized carbons (Fsp3) is 0.737. The van der Waals surface area contributed by atoms with Crippen LogP contribution < -0.4 is 10.6 Å². The second-order valence-corrected chi connectivity index (χ2v) is 8.88. The molecule has 3 fully saturated rings. The van der Waals surface area contributed by atoms with Crippen LogP contribution in [0.15, 0.2) is 5.38 Å². The largest absolute Gasteiger partial charge is 0.490 e. The molecular formula is C19H27F3N4O3S. The number of amides is 2. The molecule has 2 bridgehead atoms. The Balaban J connectivity index is 0.000000318. The van der Waals surface area contributed by atoms with Gasteiger partial charge in [-0.1, -0.05) is 19.3 Å². The Morgan fingerprint density at radius 1 is 1.13 bits per heavy atom. The van der Waals surface area contributed by atoms with Gasteiger partial charge in [0.2, 0.25) is 0 Å². The lowest BCUT2D eigenvalue weighted by Gasteiger charge is -2.24. The van der Waals surface area contributed by atoms with Crippen molar-refractivity contribution in [3.8, 4) is 0 Å². The van der Waals surface area contributed by atoms with Crippen molar-refractivity contribution in [1.82, 2.24) is 15.2 Å². The second kappa shape index (κ2) is 9.95. The van der Waals surface area contributed by atoms with Gasteiger partial charge in [-0.25, -0.2) is 14.6 Å². The van der Waals surface area contributed by atoms with Crippen molar-refractivity contribution >= 4 is 28.5 Å². The highest BCUT2D eigenvalue weighted by Crippen LogP contribution is 2.34. The second-order valence-electron chi connectivity index (χ2n) is 8.02. The summed E-state index contributed by atoms with van der Waals surface area (Å²) < 4.78 is 31.7. The molecule has 3 aliphatic rings. The SMILES string of the molecule is O=C(Nc1nc(C2CCCCC2)cs1)N1CCC2CCC(C1)N2.O=C(O)C(F)(F)F. The number of alkyl halides is 3. The number of nitrogens with zero attached hydrogens (tertiary/aromatic N) is 2. The van der Waals surface area contributed by atoms with E-state index in [-0.39, 0.29) is 6.03 Å². The van der Waals surface area contributed by atoms with E-state index < -0.39 is 12.1 Å². The third kappa shape index (κ3) is 6.31. The van der Waals surface area contributed by atoms with Crippen LogP contribution in [0.5, 0.6) is 0 Å². The minimum Gasteiger partial charge on any atom is -0.475 e. The number of rotatable bonds is 2. The molecule has 2 aliphatic heterocycles. The lowest BCUT2D eigenvalue weighted by molar-refractivity contribution is -0.192. The van der Waals surface area contributed by atoms with Gasteiger partial charge in [0.1, 0.15) is 0 Å². The molecule has 4 rings (SSSR count). The summed E-state index contributed by atoms with van der Waals surface area (Å²) >= 11 is 1.57.